The number of piperidine rings is 1. The second-order valence-electron chi connectivity index (χ2n) is 8.81. The summed E-state index contributed by atoms with van der Waals surface area (Å²) in [5, 5.41) is 3.93. The van der Waals surface area contributed by atoms with Crippen LogP contribution < -0.4 is 4.90 Å². The van der Waals surface area contributed by atoms with Gasteiger partial charge in [-0.2, -0.15) is 18.3 Å². The predicted molar refractivity (Wildman–Crippen MR) is 112 cm³/mol. The van der Waals surface area contributed by atoms with Gasteiger partial charge in [-0.05, 0) is 19.3 Å². The number of likely N-dealkylation sites (tertiary alicyclic amines) is 1. The zero-order valence-corrected chi connectivity index (χ0v) is 18.4. The van der Waals surface area contributed by atoms with Crippen LogP contribution in [0.4, 0.5) is 27.8 Å². The Morgan fingerprint density at radius 3 is 2.31 bits per heavy atom. The number of aromatic nitrogens is 6. The zero-order valence-electron chi connectivity index (χ0n) is 18.4. The molecule has 0 saturated carbocycles. The molecule has 1 amide bonds. The molecule has 2 aliphatic rings. The van der Waals surface area contributed by atoms with Crippen molar-refractivity contribution in [2.24, 2.45) is 5.41 Å². The average molecular weight is 496 g/mol. The van der Waals surface area contributed by atoms with E-state index in [4.69, 9.17) is 0 Å². The van der Waals surface area contributed by atoms with Crippen LogP contribution in [0.1, 0.15) is 30.7 Å². The Hall–Kier alpha value is -3.45. The number of carbonyl (C=O) groups excluding carboxylic acids is 1. The standard InChI is InChI=1S/C21H21F5N8O/c22-15(23)12-34-17-14(9-30-34)27-10-16(31-17)32-4-1-20(2-5-32)3-6-33(19(20)35)11-13-7-28-18(29-8-13)21(24,25)26/h7-10,15H,1-6,11-12H2. The number of rotatable bonds is 5. The second-order valence-corrected chi connectivity index (χ2v) is 8.81. The maximum atomic E-state index is 13.2. The molecule has 0 aliphatic carbocycles. The van der Waals surface area contributed by atoms with Crippen LogP contribution in [0.15, 0.2) is 24.8 Å². The maximum Gasteiger partial charge on any atom is 0.451 e. The van der Waals surface area contributed by atoms with Crippen molar-refractivity contribution < 1.29 is 26.7 Å². The molecule has 0 N–H and O–H groups in total. The summed E-state index contributed by atoms with van der Waals surface area (Å²) in [6.07, 6.45) is -0.221. The number of nitrogens with zero attached hydrogens (tertiary/aromatic N) is 8. The highest BCUT2D eigenvalue weighted by Crippen LogP contribution is 2.42. The lowest BCUT2D eigenvalue weighted by atomic mass is 9.77. The van der Waals surface area contributed by atoms with Crippen LogP contribution >= 0.6 is 0 Å². The van der Waals surface area contributed by atoms with Gasteiger partial charge in [0.1, 0.15) is 17.9 Å². The van der Waals surface area contributed by atoms with Crippen molar-refractivity contribution >= 4 is 22.9 Å². The molecule has 1 spiro atoms. The van der Waals surface area contributed by atoms with Crippen LogP contribution in [0.5, 0.6) is 0 Å². The van der Waals surface area contributed by atoms with Gasteiger partial charge in [0.15, 0.2) is 5.65 Å². The number of fused-ring (bicyclic) bond motifs is 1. The lowest BCUT2D eigenvalue weighted by Gasteiger charge is -2.38. The third kappa shape index (κ3) is 4.48. The predicted octanol–water partition coefficient (Wildman–Crippen LogP) is 2.92. The molecule has 0 unspecified atom stereocenters. The normalized spacial score (nSPS) is 18.4. The number of anilines is 1. The lowest BCUT2D eigenvalue weighted by Crippen LogP contribution is -2.45. The minimum Gasteiger partial charge on any atom is -0.355 e. The summed E-state index contributed by atoms with van der Waals surface area (Å²) in [4.78, 5) is 32.3. The van der Waals surface area contributed by atoms with Crippen molar-refractivity contribution in [1.29, 1.82) is 0 Å². The molecule has 2 aliphatic heterocycles. The van der Waals surface area contributed by atoms with Crippen LogP contribution in [-0.4, -0.2) is 66.6 Å². The highest BCUT2D eigenvalue weighted by atomic mass is 19.4. The third-order valence-corrected chi connectivity index (χ3v) is 6.62. The Morgan fingerprint density at radius 2 is 1.66 bits per heavy atom. The van der Waals surface area contributed by atoms with Gasteiger partial charge in [-0.25, -0.2) is 33.4 Å². The number of halogens is 5. The first-order valence-electron chi connectivity index (χ1n) is 11.0. The molecule has 3 aromatic rings. The summed E-state index contributed by atoms with van der Waals surface area (Å²) in [6.45, 7) is 1.15. The highest BCUT2D eigenvalue weighted by molar-refractivity contribution is 5.85. The van der Waals surface area contributed by atoms with E-state index in [2.05, 4.69) is 25.0 Å². The number of alkyl halides is 5. The topological polar surface area (TPSA) is 92.9 Å². The molecule has 5 rings (SSSR count). The van der Waals surface area contributed by atoms with Gasteiger partial charge in [0.05, 0.1) is 17.8 Å². The molecule has 0 bridgehead atoms. The molecule has 35 heavy (non-hydrogen) atoms. The van der Waals surface area contributed by atoms with Gasteiger partial charge in [0.2, 0.25) is 11.7 Å². The fourth-order valence-corrected chi connectivity index (χ4v) is 4.73. The van der Waals surface area contributed by atoms with E-state index in [1.54, 1.807) is 11.1 Å². The van der Waals surface area contributed by atoms with Crippen LogP contribution in [0.3, 0.4) is 0 Å². The van der Waals surface area contributed by atoms with Crippen LogP contribution in [0.25, 0.3) is 11.2 Å². The van der Waals surface area contributed by atoms with Crippen molar-refractivity contribution in [2.75, 3.05) is 24.5 Å². The van der Waals surface area contributed by atoms with Gasteiger partial charge in [0, 0.05) is 44.1 Å². The molecule has 5 heterocycles. The molecule has 0 atom stereocenters. The zero-order chi connectivity index (χ0) is 24.8. The molecule has 3 aromatic heterocycles. The summed E-state index contributed by atoms with van der Waals surface area (Å²) >= 11 is 0. The first kappa shape index (κ1) is 23.3. The van der Waals surface area contributed by atoms with Crippen LogP contribution in [0.2, 0.25) is 0 Å². The molecular weight excluding hydrogens is 475 g/mol. The Labute approximate surface area is 196 Å². The number of amides is 1. The van der Waals surface area contributed by atoms with E-state index in [1.165, 1.54) is 6.20 Å². The molecule has 186 valence electrons. The van der Waals surface area contributed by atoms with E-state index in [1.807, 2.05) is 4.90 Å². The van der Waals surface area contributed by atoms with E-state index >= 15 is 0 Å². The highest BCUT2D eigenvalue weighted by Gasteiger charge is 2.48. The third-order valence-electron chi connectivity index (χ3n) is 6.62. The Balaban J connectivity index is 1.24. The van der Waals surface area contributed by atoms with Crippen molar-refractivity contribution in [2.45, 2.75) is 45.0 Å². The SMILES string of the molecule is O=C1N(Cc2cnc(C(F)(F)F)nc2)CCC12CCN(c1cnc3cnn(CC(F)F)c3n1)CC2. The molecule has 2 fully saturated rings. The Morgan fingerprint density at radius 1 is 0.971 bits per heavy atom. The molecule has 9 nitrogen and oxygen atoms in total. The number of hydrogen-bond acceptors (Lipinski definition) is 7. The van der Waals surface area contributed by atoms with E-state index < -0.39 is 30.4 Å². The molecule has 0 radical (unpaired) electrons. The number of hydrogen-bond donors (Lipinski definition) is 0. The summed E-state index contributed by atoms with van der Waals surface area (Å²) < 4.78 is 64.8. The fourth-order valence-electron chi connectivity index (χ4n) is 4.73. The van der Waals surface area contributed by atoms with Crippen molar-refractivity contribution in [3.8, 4) is 0 Å². The summed E-state index contributed by atoms with van der Waals surface area (Å²) in [7, 11) is 0. The van der Waals surface area contributed by atoms with Gasteiger partial charge in [-0.1, -0.05) is 0 Å². The van der Waals surface area contributed by atoms with E-state index in [0.29, 0.717) is 55.8 Å². The van der Waals surface area contributed by atoms with Crippen molar-refractivity contribution in [3.05, 3.63) is 36.2 Å². The summed E-state index contributed by atoms with van der Waals surface area (Å²) in [5.74, 6) is -0.711. The largest absolute Gasteiger partial charge is 0.451 e. The Bertz CT molecular complexity index is 1220. The smallest absolute Gasteiger partial charge is 0.355 e. The van der Waals surface area contributed by atoms with Crippen LogP contribution in [-0.2, 0) is 24.1 Å². The molecule has 0 aromatic carbocycles. The maximum absolute atomic E-state index is 13.2. The van der Waals surface area contributed by atoms with Gasteiger partial charge < -0.3 is 9.80 Å². The first-order valence-corrected chi connectivity index (χ1v) is 11.0. The van der Waals surface area contributed by atoms with Crippen molar-refractivity contribution in [3.63, 3.8) is 0 Å². The van der Waals surface area contributed by atoms with Crippen LogP contribution in [0, 0.1) is 5.41 Å². The number of carbonyl (C=O) groups is 1. The lowest BCUT2D eigenvalue weighted by molar-refractivity contribution is -0.145. The van der Waals surface area contributed by atoms with Gasteiger partial charge in [0.25, 0.3) is 6.43 Å². The average Bonchev–Trinajstić information content (AvgIpc) is 3.35. The quantitative estimate of drug-likeness (QED) is 0.502. The minimum absolute atomic E-state index is 0.0337. The monoisotopic (exact) mass is 496 g/mol. The fraction of sp³-hybridized carbons (Fsp3) is 0.524. The van der Waals surface area contributed by atoms with Gasteiger partial charge in [-0.15, -0.1) is 0 Å². The van der Waals surface area contributed by atoms with Gasteiger partial charge >= 0.3 is 6.18 Å². The van der Waals surface area contributed by atoms with E-state index in [9.17, 15) is 26.7 Å². The summed E-state index contributed by atoms with van der Waals surface area (Å²) in [6, 6.07) is 0. The molecule has 14 heteroatoms. The first-order chi connectivity index (χ1) is 16.6. The Kier molecular flexibility index (Phi) is 5.75. The molecular formula is C21H21F5N8O. The second kappa shape index (κ2) is 8.64. The summed E-state index contributed by atoms with van der Waals surface area (Å²) in [5.41, 5.74) is 0.602. The van der Waals surface area contributed by atoms with Gasteiger partial charge in [-0.3, -0.25) is 4.79 Å². The van der Waals surface area contributed by atoms with E-state index in [-0.39, 0.29) is 18.1 Å². The van der Waals surface area contributed by atoms with Crippen molar-refractivity contribution in [1.82, 2.24) is 34.6 Å². The minimum atomic E-state index is -4.61. The van der Waals surface area contributed by atoms with E-state index in [0.717, 1.165) is 17.1 Å². The molecule has 2 saturated heterocycles.